The first-order valence-electron chi connectivity index (χ1n) is 9.09. The van der Waals surface area contributed by atoms with Gasteiger partial charge in [0.2, 0.25) is 0 Å². The summed E-state index contributed by atoms with van der Waals surface area (Å²) in [5.41, 5.74) is 2.43. The Labute approximate surface area is 156 Å². The smallest absolute Gasteiger partial charge is 0.251 e. The van der Waals surface area contributed by atoms with E-state index in [1.165, 1.54) is 0 Å². The number of benzene rings is 1. The van der Waals surface area contributed by atoms with Gasteiger partial charge in [0, 0.05) is 28.1 Å². The summed E-state index contributed by atoms with van der Waals surface area (Å²) in [5.74, 6) is 0.733. The van der Waals surface area contributed by atoms with Crippen LogP contribution in [0.2, 0.25) is 0 Å². The fourth-order valence-electron chi connectivity index (χ4n) is 4.38. The molecular weight excluding hydrogens is 324 g/mol. The highest BCUT2D eigenvalue weighted by Gasteiger charge is 2.64. The molecule has 1 aromatic heterocycles. The van der Waals surface area contributed by atoms with Crippen LogP contribution >= 0.6 is 0 Å². The Bertz CT molecular complexity index is 776. The molecule has 0 aliphatic heterocycles. The van der Waals surface area contributed by atoms with Gasteiger partial charge in [0.15, 0.2) is 0 Å². The maximum Gasteiger partial charge on any atom is 0.251 e. The Hall–Kier alpha value is -2.36. The second kappa shape index (κ2) is 6.42. The van der Waals surface area contributed by atoms with Gasteiger partial charge in [0.25, 0.3) is 5.91 Å². The van der Waals surface area contributed by atoms with Crippen LogP contribution in [0.15, 0.2) is 42.6 Å². The lowest BCUT2D eigenvalue weighted by molar-refractivity contribution is -0.164. The molecule has 1 aliphatic carbocycles. The molecule has 1 N–H and O–H groups in total. The number of nitrogens with zero attached hydrogens (tertiary/aromatic N) is 1. The van der Waals surface area contributed by atoms with Crippen molar-refractivity contribution in [2.75, 3.05) is 0 Å². The van der Waals surface area contributed by atoms with E-state index >= 15 is 0 Å². The van der Waals surface area contributed by atoms with Crippen molar-refractivity contribution in [1.82, 2.24) is 10.3 Å². The Kier molecular flexibility index (Phi) is 4.55. The van der Waals surface area contributed by atoms with Crippen molar-refractivity contribution in [3.63, 3.8) is 0 Å². The Morgan fingerprint density at radius 3 is 2.15 bits per heavy atom. The van der Waals surface area contributed by atoms with Crippen LogP contribution in [0.5, 0.6) is 5.75 Å². The number of rotatable bonds is 4. The highest BCUT2D eigenvalue weighted by atomic mass is 16.5. The monoisotopic (exact) mass is 352 g/mol. The van der Waals surface area contributed by atoms with Crippen LogP contribution in [-0.4, -0.2) is 23.0 Å². The lowest BCUT2D eigenvalue weighted by Gasteiger charge is -2.63. The highest BCUT2D eigenvalue weighted by molar-refractivity contribution is 5.94. The quantitative estimate of drug-likeness (QED) is 0.892. The summed E-state index contributed by atoms with van der Waals surface area (Å²) in [6.45, 7) is 12.5. The molecule has 1 heterocycles. The molecule has 2 aromatic rings. The van der Waals surface area contributed by atoms with Crippen LogP contribution in [0, 0.1) is 24.7 Å². The molecule has 0 radical (unpaired) electrons. The Morgan fingerprint density at radius 2 is 1.62 bits per heavy atom. The lowest BCUT2D eigenvalue weighted by Crippen LogP contribution is -2.74. The second-order valence-corrected chi connectivity index (χ2v) is 8.55. The number of carbonyl (C=O) groups excluding carboxylic acids is 1. The summed E-state index contributed by atoms with van der Waals surface area (Å²) in [7, 11) is 0. The minimum Gasteiger partial charge on any atom is -0.488 e. The predicted molar refractivity (Wildman–Crippen MR) is 103 cm³/mol. The molecule has 1 fully saturated rings. The molecule has 0 unspecified atom stereocenters. The second-order valence-electron chi connectivity index (χ2n) is 8.55. The molecule has 0 bridgehead atoms. The standard InChI is InChI=1S/C22H28N2O2/c1-14-7-10-16(11-8-14)18(25)24-19-21(3,4)20(22(19,5)6)26-17-12-9-15(2)23-13-17/h7-13,19-20H,1-6H3,(H,24,25)/t19-,20-. The van der Waals surface area contributed by atoms with E-state index in [4.69, 9.17) is 4.74 Å². The zero-order valence-electron chi connectivity index (χ0n) is 16.5. The summed E-state index contributed by atoms with van der Waals surface area (Å²) in [6, 6.07) is 11.6. The normalized spacial score (nSPS) is 23.0. The van der Waals surface area contributed by atoms with E-state index in [0.717, 1.165) is 17.0 Å². The van der Waals surface area contributed by atoms with E-state index in [2.05, 4.69) is 38.0 Å². The van der Waals surface area contributed by atoms with E-state index in [9.17, 15) is 4.79 Å². The van der Waals surface area contributed by atoms with E-state index in [0.29, 0.717) is 5.56 Å². The van der Waals surface area contributed by atoms with E-state index in [1.54, 1.807) is 6.20 Å². The summed E-state index contributed by atoms with van der Waals surface area (Å²) < 4.78 is 6.26. The summed E-state index contributed by atoms with van der Waals surface area (Å²) in [4.78, 5) is 17.0. The lowest BCUT2D eigenvalue weighted by atomic mass is 9.49. The zero-order valence-corrected chi connectivity index (χ0v) is 16.5. The van der Waals surface area contributed by atoms with E-state index in [1.807, 2.05) is 50.2 Å². The van der Waals surface area contributed by atoms with Crippen molar-refractivity contribution < 1.29 is 9.53 Å². The topological polar surface area (TPSA) is 51.2 Å². The van der Waals surface area contributed by atoms with Crippen LogP contribution in [0.3, 0.4) is 0 Å². The van der Waals surface area contributed by atoms with E-state index in [-0.39, 0.29) is 28.9 Å². The first kappa shape index (κ1) is 18.4. The molecule has 1 aliphatic rings. The number of aromatic nitrogens is 1. The number of hydrogen-bond acceptors (Lipinski definition) is 3. The average Bonchev–Trinajstić information content (AvgIpc) is 2.59. The van der Waals surface area contributed by atoms with Crippen molar-refractivity contribution in [2.24, 2.45) is 10.8 Å². The fraction of sp³-hybridized carbons (Fsp3) is 0.455. The molecule has 1 amide bonds. The first-order chi connectivity index (χ1) is 12.1. The van der Waals surface area contributed by atoms with Gasteiger partial charge in [-0.05, 0) is 38.1 Å². The molecular formula is C22H28N2O2. The molecule has 26 heavy (non-hydrogen) atoms. The summed E-state index contributed by atoms with van der Waals surface area (Å²) in [5, 5.41) is 3.22. The fourth-order valence-corrected chi connectivity index (χ4v) is 4.38. The van der Waals surface area contributed by atoms with Crippen molar-refractivity contribution in [1.29, 1.82) is 0 Å². The van der Waals surface area contributed by atoms with Gasteiger partial charge in [0.1, 0.15) is 11.9 Å². The number of ether oxygens (including phenoxy) is 1. The van der Waals surface area contributed by atoms with Gasteiger partial charge in [-0.1, -0.05) is 45.4 Å². The Balaban J connectivity index is 1.74. The van der Waals surface area contributed by atoms with Gasteiger partial charge >= 0.3 is 0 Å². The number of carbonyl (C=O) groups is 1. The summed E-state index contributed by atoms with van der Waals surface area (Å²) in [6.07, 6.45) is 1.75. The van der Waals surface area contributed by atoms with Crippen LogP contribution in [0.25, 0.3) is 0 Å². The van der Waals surface area contributed by atoms with Crippen LogP contribution < -0.4 is 10.1 Å². The maximum absolute atomic E-state index is 12.7. The third-order valence-corrected chi connectivity index (χ3v) is 5.57. The molecule has 138 valence electrons. The minimum absolute atomic E-state index is 0.0113. The number of hydrogen-bond donors (Lipinski definition) is 1. The van der Waals surface area contributed by atoms with Crippen molar-refractivity contribution in [3.05, 3.63) is 59.4 Å². The first-order valence-corrected chi connectivity index (χ1v) is 9.09. The van der Waals surface area contributed by atoms with Crippen molar-refractivity contribution >= 4 is 5.91 Å². The molecule has 1 aromatic carbocycles. The molecule has 3 rings (SSSR count). The third kappa shape index (κ3) is 3.20. The maximum atomic E-state index is 12.7. The Morgan fingerprint density at radius 1 is 1.00 bits per heavy atom. The van der Waals surface area contributed by atoms with Crippen LogP contribution in [0.1, 0.15) is 49.3 Å². The molecule has 1 saturated carbocycles. The number of nitrogens with one attached hydrogen (secondary N) is 1. The van der Waals surface area contributed by atoms with Crippen LogP contribution in [0.4, 0.5) is 0 Å². The van der Waals surface area contributed by atoms with Gasteiger partial charge in [-0.15, -0.1) is 0 Å². The van der Waals surface area contributed by atoms with Gasteiger partial charge in [-0.25, -0.2) is 0 Å². The average molecular weight is 352 g/mol. The molecule has 4 heteroatoms. The minimum atomic E-state index is -0.186. The largest absolute Gasteiger partial charge is 0.488 e. The van der Waals surface area contributed by atoms with Crippen molar-refractivity contribution in [3.8, 4) is 5.75 Å². The summed E-state index contributed by atoms with van der Waals surface area (Å²) >= 11 is 0. The zero-order chi connectivity index (χ0) is 19.1. The third-order valence-electron chi connectivity index (χ3n) is 5.57. The van der Waals surface area contributed by atoms with Gasteiger partial charge in [0.05, 0.1) is 6.20 Å². The molecule has 0 saturated heterocycles. The van der Waals surface area contributed by atoms with Crippen LogP contribution in [-0.2, 0) is 0 Å². The number of aryl methyl sites for hydroxylation is 2. The SMILES string of the molecule is Cc1ccc(C(=O)N[C@H]2C(C)(C)[C@H](Oc3ccc(C)nc3)C2(C)C)cc1. The number of pyridine rings is 1. The van der Waals surface area contributed by atoms with E-state index < -0.39 is 0 Å². The molecule has 4 nitrogen and oxygen atoms in total. The molecule has 0 spiro atoms. The predicted octanol–water partition coefficient (Wildman–Crippen LogP) is 4.31. The molecule has 0 atom stereocenters. The number of amides is 1. The van der Waals surface area contributed by atoms with Gasteiger partial charge < -0.3 is 10.1 Å². The van der Waals surface area contributed by atoms with Gasteiger partial charge in [-0.3, -0.25) is 9.78 Å². The van der Waals surface area contributed by atoms with Gasteiger partial charge in [-0.2, -0.15) is 0 Å². The highest BCUT2D eigenvalue weighted by Crippen LogP contribution is 2.55. The van der Waals surface area contributed by atoms with Crippen molar-refractivity contribution in [2.45, 2.75) is 53.7 Å².